The third kappa shape index (κ3) is 4.26. The standard InChI is InChI=1S/C10H14BrN3O3/c1-8(2-4-11)3-5-13-7-9(14(16)17)6-12-10(13)15/h6-8H,2-5H2,1H3. The van der Waals surface area contributed by atoms with Crippen molar-refractivity contribution >= 4 is 21.6 Å². The Balaban J connectivity index is 2.73. The van der Waals surface area contributed by atoms with Crippen LogP contribution in [0.1, 0.15) is 19.8 Å². The lowest BCUT2D eigenvalue weighted by atomic mass is 10.1. The van der Waals surface area contributed by atoms with Crippen LogP contribution in [0, 0.1) is 16.0 Å². The Morgan fingerprint density at radius 1 is 1.59 bits per heavy atom. The van der Waals surface area contributed by atoms with Gasteiger partial charge in [-0.05, 0) is 18.8 Å². The number of hydrogen-bond donors (Lipinski definition) is 0. The molecule has 0 aliphatic rings. The lowest BCUT2D eigenvalue weighted by molar-refractivity contribution is -0.385. The monoisotopic (exact) mass is 303 g/mol. The minimum Gasteiger partial charge on any atom is -0.292 e. The van der Waals surface area contributed by atoms with Crippen molar-refractivity contribution in [2.24, 2.45) is 5.92 Å². The number of nitro groups is 1. The number of aromatic nitrogens is 2. The van der Waals surface area contributed by atoms with Gasteiger partial charge in [0.2, 0.25) is 0 Å². The van der Waals surface area contributed by atoms with Crippen LogP contribution < -0.4 is 5.69 Å². The zero-order chi connectivity index (χ0) is 12.8. The molecule has 1 atom stereocenters. The van der Waals surface area contributed by atoms with Crippen molar-refractivity contribution in [3.63, 3.8) is 0 Å². The van der Waals surface area contributed by atoms with Gasteiger partial charge in [0.25, 0.3) is 0 Å². The van der Waals surface area contributed by atoms with Crippen LogP contribution in [0.25, 0.3) is 0 Å². The minimum atomic E-state index is -0.551. The average Bonchev–Trinajstić information content (AvgIpc) is 2.28. The summed E-state index contributed by atoms with van der Waals surface area (Å²) >= 11 is 3.35. The van der Waals surface area contributed by atoms with E-state index in [-0.39, 0.29) is 5.69 Å². The third-order valence-corrected chi connectivity index (χ3v) is 2.97. The summed E-state index contributed by atoms with van der Waals surface area (Å²) in [6.45, 7) is 2.54. The maximum Gasteiger partial charge on any atom is 0.347 e. The van der Waals surface area contributed by atoms with Crippen LogP contribution in [0.2, 0.25) is 0 Å². The number of hydrogen-bond acceptors (Lipinski definition) is 4. The Kier molecular flexibility index (Phi) is 5.27. The van der Waals surface area contributed by atoms with E-state index < -0.39 is 10.6 Å². The minimum absolute atomic E-state index is 0.155. The predicted molar refractivity (Wildman–Crippen MR) is 67.3 cm³/mol. The topological polar surface area (TPSA) is 78.0 Å². The highest BCUT2D eigenvalue weighted by molar-refractivity contribution is 9.09. The van der Waals surface area contributed by atoms with Crippen molar-refractivity contribution in [2.45, 2.75) is 26.3 Å². The van der Waals surface area contributed by atoms with E-state index in [1.165, 1.54) is 10.8 Å². The molecule has 0 fully saturated rings. The van der Waals surface area contributed by atoms with Gasteiger partial charge in [-0.2, -0.15) is 4.98 Å². The quantitative estimate of drug-likeness (QED) is 0.457. The molecule has 0 radical (unpaired) electrons. The zero-order valence-electron chi connectivity index (χ0n) is 9.50. The normalized spacial score (nSPS) is 12.4. The molecule has 0 saturated carbocycles. The maximum atomic E-state index is 11.4. The summed E-state index contributed by atoms with van der Waals surface area (Å²) in [7, 11) is 0. The van der Waals surface area contributed by atoms with Crippen LogP contribution in [0.4, 0.5) is 5.69 Å². The summed E-state index contributed by atoms with van der Waals surface area (Å²) in [4.78, 5) is 24.9. The number of alkyl halides is 1. The van der Waals surface area contributed by atoms with Crippen molar-refractivity contribution in [3.8, 4) is 0 Å². The van der Waals surface area contributed by atoms with Gasteiger partial charge in [0, 0.05) is 11.9 Å². The van der Waals surface area contributed by atoms with E-state index >= 15 is 0 Å². The lowest BCUT2D eigenvalue weighted by Gasteiger charge is -2.10. The average molecular weight is 304 g/mol. The molecule has 0 saturated heterocycles. The van der Waals surface area contributed by atoms with Gasteiger partial charge in [0.1, 0.15) is 6.20 Å². The van der Waals surface area contributed by atoms with Crippen LogP contribution in [-0.4, -0.2) is 19.8 Å². The fourth-order valence-electron chi connectivity index (χ4n) is 1.39. The first-order valence-corrected chi connectivity index (χ1v) is 6.43. The zero-order valence-corrected chi connectivity index (χ0v) is 11.1. The van der Waals surface area contributed by atoms with Gasteiger partial charge in [-0.25, -0.2) is 4.79 Å². The highest BCUT2D eigenvalue weighted by Crippen LogP contribution is 2.11. The first-order valence-electron chi connectivity index (χ1n) is 5.31. The molecule has 1 unspecified atom stereocenters. The van der Waals surface area contributed by atoms with Crippen molar-refractivity contribution in [1.29, 1.82) is 0 Å². The maximum absolute atomic E-state index is 11.4. The summed E-state index contributed by atoms with van der Waals surface area (Å²) in [5, 5.41) is 11.5. The molecule has 1 heterocycles. The molecule has 94 valence electrons. The fraction of sp³-hybridized carbons (Fsp3) is 0.600. The Labute approximate surface area is 107 Å². The van der Waals surface area contributed by atoms with Gasteiger partial charge in [-0.15, -0.1) is 0 Å². The van der Waals surface area contributed by atoms with Gasteiger partial charge in [0.15, 0.2) is 0 Å². The first-order chi connectivity index (χ1) is 8.04. The van der Waals surface area contributed by atoms with Crippen molar-refractivity contribution < 1.29 is 4.92 Å². The van der Waals surface area contributed by atoms with Gasteiger partial charge in [-0.3, -0.25) is 14.7 Å². The highest BCUT2D eigenvalue weighted by atomic mass is 79.9. The number of aryl methyl sites for hydroxylation is 1. The largest absolute Gasteiger partial charge is 0.347 e. The molecule has 1 rings (SSSR count). The van der Waals surface area contributed by atoms with Crippen LogP contribution in [0.3, 0.4) is 0 Å². The van der Waals surface area contributed by atoms with Crippen molar-refractivity contribution in [3.05, 3.63) is 33.0 Å². The van der Waals surface area contributed by atoms with Crippen LogP contribution in [0.5, 0.6) is 0 Å². The molecule has 1 aromatic heterocycles. The number of rotatable bonds is 6. The van der Waals surface area contributed by atoms with E-state index in [2.05, 4.69) is 27.8 Å². The Bertz CT molecular complexity index is 447. The van der Waals surface area contributed by atoms with E-state index in [1.54, 1.807) is 0 Å². The first kappa shape index (κ1) is 13.8. The smallest absolute Gasteiger partial charge is 0.292 e. The number of nitrogens with zero attached hydrogens (tertiary/aromatic N) is 3. The second kappa shape index (κ2) is 6.48. The molecule has 0 amide bonds. The summed E-state index contributed by atoms with van der Waals surface area (Å²) < 4.78 is 1.29. The van der Waals surface area contributed by atoms with Gasteiger partial charge >= 0.3 is 11.4 Å². The molecule has 0 aromatic carbocycles. The second-order valence-corrected chi connectivity index (χ2v) is 4.71. The lowest BCUT2D eigenvalue weighted by Crippen LogP contribution is -2.23. The Morgan fingerprint density at radius 3 is 2.88 bits per heavy atom. The molecule has 1 aromatic rings. The van der Waals surface area contributed by atoms with E-state index in [9.17, 15) is 14.9 Å². The summed E-state index contributed by atoms with van der Waals surface area (Å²) in [6, 6.07) is 0. The molecule has 7 heteroatoms. The van der Waals surface area contributed by atoms with Crippen molar-refractivity contribution in [1.82, 2.24) is 9.55 Å². The predicted octanol–water partition coefficient (Wildman–Crippen LogP) is 1.96. The summed E-state index contributed by atoms with van der Waals surface area (Å²) in [6.07, 6.45) is 4.04. The molecular weight excluding hydrogens is 290 g/mol. The van der Waals surface area contributed by atoms with Crippen LogP contribution >= 0.6 is 15.9 Å². The van der Waals surface area contributed by atoms with Gasteiger partial charge in [-0.1, -0.05) is 22.9 Å². The van der Waals surface area contributed by atoms with Gasteiger partial charge in [0.05, 0.1) is 11.1 Å². The Hall–Kier alpha value is -1.24. The van der Waals surface area contributed by atoms with E-state index in [4.69, 9.17) is 0 Å². The fourth-order valence-corrected chi connectivity index (χ4v) is 2.17. The van der Waals surface area contributed by atoms with Crippen LogP contribution in [-0.2, 0) is 6.54 Å². The molecule has 0 spiro atoms. The van der Waals surface area contributed by atoms with Gasteiger partial charge < -0.3 is 0 Å². The van der Waals surface area contributed by atoms with Crippen molar-refractivity contribution in [2.75, 3.05) is 5.33 Å². The third-order valence-electron chi connectivity index (χ3n) is 2.52. The molecule has 0 aliphatic carbocycles. The van der Waals surface area contributed by atoms with E-state index in [0.717, 1.165) is 24.4 Å². The second-order valence-electron chi connectivity index (χ2n) is 3.92. The molecular formula is C10H14BrN3O3. The molecule has 17 heavy (non-hydrogen) atoms. The Morgan fingerprint density at radius 2 is 2.29 bits per heavy atom. The number of halogens is 1. The molecule has 6 nitrogen and oxygen atoms in total. The molecule has 0 bridgehead atoms. The summed E-state index contributed by atoms with van der Waals surface area (Å²) in [5.74, 6) is 0.459. The van der Waals surface area contributed by atoms with E-state index in [0.29, 0.717) is 12.5 Å². The SMILES string of the molecule is CC(CCBr)CCn1cc([N+](=O)[O-])cnc1=O. The molecule has 0 aliphatic heterocycles. The summed E-state index contributed by atoms with van der Waals surface area (Å²) in [5.41, 5.74) is -0.598. The van der Waals surface area contributed by atoms with E-state index in [1.807, 2.05) is 0 Å². The highest BCUT2D eigenvalue weighted by Gasteiger charge is 2.09. The molecule has 0 N–H and O–H groups in total. The van der Waals surface area contributed by atoms with Crippen LogP contribution in [0.15, 0.2) is 17.2 Å².